The summed E-state index contributed by atoms with van der Waals surface area (Å²) in [6.45, 7) is 8.26. The maximum absolute atomic E-state index is 13.9. The van der Waals surface area contributed by atoms with Crippen molar-refractivity contribution in [2.75, 3.05) is 6.61 Å². The Hall–Kier alpha value is -3.01. The van der Waals surface area contributed by atoms with Crippen LogP contribution in [0.25, 0.3) is 11.1 Å². The van der Waals surface area contributed by atoms with Crippen molar-refractivity contribution in [2.24, 2.45) is 0 Å². The largest absolute Gasteiger partial charge is 0.460 e. The first-order valence-electron chi connectivity index (χ1n) is 8.69. The number of fused-ring (bicyclic) bond motifs is 1. The van der Waals surface area contributed by atoms with Crippen LogP contribution in [0.2, 0.25) is 0 Å². The Balaban J connectivity index is 2.28. The summed E-state index contributed by atoms with van der Waals surface area (Å²) in [5, 5.41) is 12.9. The molecule has 8 nitrogen and oxygen atoms in total. The van der Waals surface area contributed by atoms with E-state index in [1.165, 1.54) is 6.08 Å². The Morgan fingerprint density at radius 1 is 1.38 bits per heavy atom. The van der Waals surface area contributed by atoms with E-state index in [1.807, 2.05) is 0 Å². The molecule has 0 radical (unpaired) electrons. The molecule has 1 aromatic heterocycles. The van der Waals surface area contributed by atoms with Gasteiger partial charge in [0.15, 0.2) is 17.5 Å². The molecule has 0 aliphatic heterocycles. The van der Waals surface area contributed by atoms with Crippen molar-refractivity contribution in [1.29, 1.82) is 0 Å². The molecule has 158 valence electrons. The van der Waals surface area contributed by atoms with Gasteiger partial charge >= 0.3 is 12.1 Å². The van der Waals surface area contributed by atoms with E-state index in [9.17, 15) is 23.5 Å². The Morgan fingerprint density at radius 3 is 2.69 bits per heavy atom. The number of hydrogen-bond donors (Lipinski definition) is 2. The number of amides is 1. The van der Waals surface area contributed by atoms with Gasteiger partial charge in [0, 0.05) is 12.1 Å². The van der Waals surface area contributed by atoms with Crippen LogP contribution in [0.1, 0.15) is 39.2 Å². The van der Waals surface area contributed by atoms with Crippen molar-refractivity contribution >= 4 is 23.2 Å². The van der Waals surface area contributed by atoms with Crippen molar-refractivity contribution < 1.29 is 37.4 Å². The maximum Gasteiger partial charge on any atom is 0.407 e. The Bertz CT molecular complexity index is 906. The van der Waals surface area contributed by atoms with Gasteiger partial charge in [-0.1, -0.05) is 12.7 Å². The second-order valence-electron chi connectivity index (χ2n) is 7.16. The van der Waals surface area contributed by atoms with Gasteiger partial charge in [-0.15, -0.1) is 0 Å². The minimum Gasteiger partial charge on any atom is -0.460 e. The van der Waals surface area contributed by atoms with Crippen molar-refractivity contribution in [1.82, 2.24) is 10.3 Å². The molecule has 1 heterocycles. The number of aliphatic hydroxyl groups excluding tert-OH is 1. The van der Waals surface area contributed by atoms with Gasteiger partial charge in [-0.05, 0) is 20.8 Å². The summed E-state index contributed by atoms with van der Waals surface area (Å²) >= 11 is 0. The second kappa shape index (κ2) is 8.99. The van der Waals surface area contributed by atoms with E-state index in [0.717, 1.165) is 6.07 Å². The number of benzene rings is 1. The van der Waals surface area contributed by atoms with Crippen molar-refractivity contribution in [3.63, 3.8) is 0 Å². The van der Waals surface area contributed by atoms with Crippen LogP contribution in [-0.4, -0.2) is 40.4 Å². The van der Waals surface area contributed by atoms with Gasteiger partial charge in [-0.25, -0.2) is 18.6 Å². The fourth-order valence-corrected chi connectivity index (χ4v) is 2.40. The molecule has 1 unspecified atom stereocenters. The van der Waals surface area contributed by atoms with Gasteiger partial charge in [-0.3, -0.25) is 4.79 Å². The van der Waals surface area contributed by atoms with Crippen LogP contribution in [0.5, 0.6) is 0 Å². The number of hydrogen-bond acceptors (Lipinski definition) is 7. The minimum absolute atomic E-state index is 0.103. The third-order valence-corrected chi connectivity index (χ3v) is 3.51. The number of alkyl carbamates (subject to hydrolysis) is 1. The third kappa shape index (κ3) is 6.24. The predicted molar refractivity (Wildman–Crippen MR) is 97.8 cm³/mol. The molecule has 0 saturated heterocycles. The van der Waals surface area contributed by atoms with Crippen molar-refractivity contribution in [3.8, 4) is 0 Å². The summed E-state index contributed by atoms with van der Waals surface area (Å²) in [6, 6.07) is 0.239. The first kappa shape index (κ1) is 22.3. The number of halogens is 2. The van der Waals surface area contributed by atoms with Gasteiger partial charge in [0.1, 0.15) is 23.5 Å². The topological polar surface area (TPSA) is 111 Å². The molecule has 0 saturated carbocycles. The normalized spacial score (nSPS) is 13.6. The van der Waals surface area contributed by atoms with Crippen molar-refractivity contribution in [3.05, 3.63) is 42.3 Å². The summed E-state index contributed by atoms with van der Waals surface area (Å²) in [5.74, 6) is -3.01. The van der Waals surface area contributed by atoms with Crippen LogP contribution >= 0.6 is 0 Å². The van der Waals surface area contributed by atoms with Gasteiger partial charge in [0.25, 0.3) is 0 Å². The number of nitrogens with one attached hydrogen (secondary N) is 1. The maximum atomic E-state index is 13.9. The summed E-state index contributed by atoms with van der Waals surface area (Å²) in [7, 11) is 0. The molecule has 2 rings (SSSR count). The standard InChI is InChI=1S/C19H22F2N2O6/c1-5-6-27-18(26)22-12(9-14(24)29-19(2,3)4)16(25)17-23-15-11(21)7-10(20)8-13(15)28-17/h5,7-8,12,16,25H,1,6,9H2,2-4H3,(H,22,26)/t12-,16?/m0/s1. The predicted octanol–water partition coefficient (Wildman–Crippen LogP) is 3.15. The Kier molecular flexibility index (Phi) is 6.91. The number of nitrogens with zero attached hydrogens (tertiary/aromatic N) is 1. The molecule has 2 aromatic rings. The fourth-order valence-electron chi connectivity index (χ4n) is 2.40. The lowest BCUT2D eigenvalue weighted by Crippen LogP contribution is -2.42. The molecule has 0 bridgehead atoms. The second-order valence-corrected chi connectivity index (χ2v) is 7.16. The zero-order valence-corrected chi connectivity index (χ0v) is 16.2. The number of carbonyl (C=O) groups excluding carboxylic acids is 2. The lowest BCUT2D eigenvalue weighted by Gasteiger charge is -2.24. The number of esters is 1. The number of aliphatic hydroxyl groups is 1. The highest BCUT2D eigenvalue weighted by Gasteiger charge is 2.32. The monoisotopic (exact) mass is 412 g/mol. The average Bonchev–Trinajstić information content (AvgIpc) is 3.01. The third-order valence-electron chi connectivity index (χ3n) is 3.51. The van der Waals surface area contributed by atoms with Crippen LogP contribution in [0.3, 0.4) is 0 Å². The smallest absolute Gasteiger partial charge is 0.407 e. The van der Waals surface area contributed by atoms with E-state index in [-0.39, 0.29) is 17.7 Å². The zero-order valence-electron chi connectivity index (χ0n) is 16.2. The molecule has 2 atom stereocenters. The average molecular weight is 412 g/mol. The van der Waals surface area contributed by atoms with E-state index in [1.54, 1.807) is 20.8 Å². The number of oxazole rings is 1. The minimum atomic E-state index is -1.67. The highest BCUT2D eigenvalue weighted by molar-refractivity contribution is 5.74. The molecule has 0 spiro atoms. The molecule has 0 fully saturated rings. The lowest BCUT2D eigenvalue weighted by molar-refractivity contribution is -0.156. The number of aromatic nitrogens is 1. The Labute approximate surface area is 165 Å². The first-order valence-corrected chi connectivity index (χ1v) is 8.69. The quantitative estimate of drug-likeness (QED) is 0.531. The van der Waals surface area contributed by atoms with Crippen LogP contribution in [0.15, 0.2) is 29.2 Å². The lowest BCUT2D eigenvalue weighted by atomic mass is 10.1. The fraction of sp³-hybridized carbons (Fsp3) is 0.421. The van der Waals surface area contributed by atoms with Gasteiger partial charge < -0.3 is 24.3 Å². The van der Waals surface area contributed by atoms with E-state index < -0.39 is 53.8 Å². The van der Waals surface area contributed by atoms with Crippen molar-refractivity contribution in [2.45, 2.75) is 44.9 Å². The summed E-state index contributed by atoms with van der Waals surface area (Å²) < 4.78 is 42.4. The van der Waals surface area contributed by atoms with E-state index in [4.69, 9.17) is 13.9 Å². The van der Waals surface area contributed by atoms with Crippen LogP contribution in [0, 0.1) is 11.6 Å². The van der Waals surface area contributed by atoms with Crippen LogP contribution < -0.4 is 5.32 Å². The highest BCUT2D eigenvalue weighted by Crippen LogP contribution is 2.26. The van der Waals surface area contributed by atoms with Crippen LogP contribution in [0.4, 0.5) is 13.6 Å². The van der Waals surface area contributed by atoms with E-state index >= 15 is 0 Å². The molecule has 0 aliphatic carbocycles. The molecule has 10 heteroatoms. The number of carbonyl (C=O) groups is 2. The van der Waals surface area contributed by atoms with E-state index in [2.05, 4.69) is 16.9 Å². The number of ether oxygens (including phenoxy) is 2. The summed E-state index contributed by atoms with van der Waals surface area (Å²) in [4.78, 5) is 27.9. The van der Waals surface area contributed by atoms with Gasteiger partial charge in [0.2, 0.25) is 5.89 Å². The zero-order chi connectivity index (χ0) is 21.8. The molecule has 1 aromatic carbocycles. The molecule has 1 amide bonds. The molecular formula is C19H22F2N2O6. The highest BCUT2D eigenvalue weighted by atomic mass is 19.1. The van der Waals surface area contributed by atoms with E-state index in [0.29, 0.717) is 6.07 Å². The van der Waals surface area contributed by atoms with Gasteiger partial charge in [0.05, 0.1) is 12.5 Å². The number of rotatable bonds is 7. The summed E-state index contributed by atoms with van der Waals surface area (Å²) in [6.07, 6.45) is -1.74. The van der Waals surface area contributed by atoms with Crippen LogP contribution in [-0.2, 0) is 14.3 Å². The molecule has 29 heavy (non-hydrogen) atoms. The molecular weight excluding hydrogens is 390 g/mol. The SMILES string of the molecule is C=CCOC(=O)N[C@@H](CC(=O)OC(C)(C)C)C(O)c1nc2c(F)cc(F)cc2o1. The molecule has 2 N–H and O–H groups in total. The van der Waals surface area contributed by atoms with Gasteiger partial charge in [-0.2, -0.15) is 0 Å². The summed E-state index contributed by atoms with van der Waals surface area (Å²) in [5.41, 5.74) is -1.33. The Morgan fingerprint density at radius 2 is 2.07 bits per heavy atom. The molecule has 0 aliphatic rings. The first-order chi connectivity index (χ1) is 13.5.